The minimum Gasteiger partial charge on any atom is -0.395 e. The molecule has 2 N–H and O–H groups in total. The molecule has 2 rings (SSSR count). The first-order valence-electron chi connectivity index (χ1n) is 6.38. The van der Waals surface area contributed by atoms with Crippen LogP contribution in [0.2, 0.25) is 0 Å². The van der Waals surface area contributed by atoms with E-state index in [9.17, 15) is 5.11 Å². The van der Waals surface area contributed by atoms with Gasteiger partial charge < -0.3 is 10.4 Å². The topological polar surface area (TPSA) is 45.1 Å². The normalized spacial score (nSPS) is 13.1. The summed E-state index contributed by atoms with van der Waals surface area (Å²) in [5, 5.41) is 15.1. The molecule has 0 saturated carbocycles. The third-order valence-corrected chi connectivity index (χ3v) is 3.31. The average Bonchev–Trinajstić information content (AvgIpc) is 2.39. The molecule has 0 fully saturated rings. The van der Waals surface area contributed by atoms with E-state index in [1.807, 2.05) is 24.5 Å². The second-order valence-electron chi connectivity index (χ2n) is 4.93. The van der Waals surface area contributed by atoms with E-state index in [-0.39, 0.29) is 12.6 Å². The third kappa shape index (κ3) is 2.86. The van der Waals surface area contributed by atoms with Crippen LogP contribution in [0.25, 0.3) is 10.8 Å². The number of nitrogens with zero attached hydrogens (tertiary/aromatic N) is 1. The summed E-state index contributed by atoms with van der Waals surface area (Å²) in [6, 6.07) is 8.36. The molecule has 0 spiro atoms. The first-order valence-corrected chi connectivity index (χ1v) is 6.38. The van der Waals surface area contributed by atoms with Crippen LogP contribution >= 0.6 is 0 Å². The van der Waals surface area contributed by atoms with Crippen LogP contribution in [0.15, 0.2) is 36.7 Å². The molecule has 1 aromatic carbocycles. The van der Waals surface area contributed by atoms with Gasteiger partial charge in [-0.05, 0) is 16.9 Å². The van der Waals surface area contributed by atoms with Crippen molar-refractivity contribution in [1.82, 2.24) is 10.3 Å². The van der Waals surface area contributed by atoms with Crippen LogP contribution in [0.5, 0.6) is 0 Å². The van der Waals surface area contributed by atoms with Crippen LogP contribution in [-0.4, -0.2) is 22.7 Å². The van der Waals surface area contributed by atoms with E-state index >= 15 is 0 Å². The highest BCUT2D eigenvalue weighted by Crippen LogP contribution is 2.17. The Morgan fingerprint density at radius 2 is 2.00 bits per heavy atom. The molecular weight excluding hydrogens is 224 g/mol. The van der Waals surface area contributed by atoms with E-state index in [0.29, 0.717) is 5.92 Å². The van der Waals surface area contributed by atoms with Gasteiger partial charge in [0.05, 0.1) is 6.61 Å². The molecule has 0 amide bonds. The highest BCUT2D eigenvalue weighted by molar-refractivity contribution is 5.84. The van der Waals surface area contributed by atoms with Gasteiger partial charge in [0.15, 0.2) is 0 Å². The number of rotatable bonds is 5. The maximum absolute atomic E-state index is 9.31. The lowest BCUT2D eigenvalue weighted by Crippen LogP contribution is -2.36. The van der Waals surface area contributed by atoms with Crippen LogP contribution in [0.4, 0.5) is 0 Å². The minimum absolute atomic E-state index is 0.129. The number of fused-ring (bicyclic) bond motifs is 1. The molecule has 0 aliphatic carbocycles. The van der Waals surface area contributed by atoms with Crippen LogP contribution in [0.1, 0.15) is 19.4 Å². The maximum atomic E-state index is 9.31. The summed E-state index contributed by atoms with van der Waals surface area (Å²) in [4.78, 5) is 4.26. The molecule has 2 aromatic rings. The Balaban J connectivity index is 2.17. The highest BCUT2D eigenvalue weighted by Gasteiger charge is 2.11. The molecule has 3 heteroatoms. The summed E-state index contributed by atoms with van der Waals surface area (Å²) in [6.45, 7) is 5.11. The number of hydrogen-bond donors (Lipinski definition) is 2. The van der Waals surface area contributed by atoms with Gasteiger partial charge in [-0.25, -0.2) is 0 Å². The fraction of sp³-hybridized carbons (Fsp3) is 0.400. The van der Waals surface area contributed by atoms with Crippen molar-refractivity contribution in [2.24, 2.45) is 5.92 Å². The predicted molar refractivity (Wildman–Crippen MR) is 74.3 cm³/mol. The molecule has 0 aliphatic rings. The van der Waals surface area contributed by atoms with Crippen LogP contribution < -0.4 is 5.32 Å². The molecule has 1 aromatic heterocycles. The Morgan fingerprint density at radius 1 is 1.22 bits per heavy atom. The van der Waals surface area contributed by atoms with Crippen LogP contribution in [0.3, 0.4) is 0 Å². The highest BCUT2D eigenvalue weighted by atomic mass is 16.3. The zero-order valence-corrected chi connectivity index (χ0v) is 10.9. The average molecular weight is 244 g/mol. The first-order chi connectivity index (χ1) is 8.72. The third-order valence-electron chi connectivity index (χ3n) is 3.31. The van der Waals surface area contributed by atoms with E-state index in [4.69, 9.17) is 0 Å². The van der Waals surface area contributed by atoms with Gasteiger partial charge in [-0.2, -0.15) is 0 Å². The Kier molecular flexibility index (Phi) is 4.28. The van der Waals surface area contributed by atoms with Gasteiger partial charge in [0.1, 0.15) is 0 Å². The predicted octanol–water partition coefficient (Wildman–Crippen LogP) is 2.34. The second-order valence-corrected chi connectivity index (χ2v) is 4.93. The van der Waals surface area contributed by atoms with Crippen molar-refractivity contribution in [2.45, 2.75) is 26.4 Å². The van der Waals surface area contributed by atoms with Gasteiger partial charge in [0.25, 0.3) is 0 Å². The monoisotopic (exact) mass is 244 g/mol. The molecule has 0 radical (unpaired) electrons. The number of aliphatic hydroxyl groups is 1. The maximum Gasteiger partial charge on any atom is 0.0587 e. The van der Waals surface area contributed by atoms with Gasteiger partial charge in [-0.15, -0.1) is 0 Å². The number of aliphatic hydroxyl groups excluding tert-OH is 1. The Bertz CT molecular complexity index is 505. The zero-order chi connectivity index (χ0) is 13.0. The summed E-state index contributed by atoms with van der Waals surface area (Å²) in [6.07, 6.45) is 3.77. The van der Waals surface area contributed by atoms with Gasteiger partial charge in [0.2, 0.25) is 0 Å². The summed E-state index contributed by atoms with van der Waals surface area (Å²) < 4.78 is 0. The standard InChI is InChI=1S/C15H20N2O/c1-11(2)15(10-18)17-9-13-8-16-7-12-5-3-4-6-14(12)13/h3-8,11,15,17-18H,9-10H2,1-2H3. The van der Waals surface area contributed by atoms with E-state index < -0.39 is 0 Å². The molecule has 0 saturated heterocycles. The second kappa shape index (κ2) is 5.94. The van der Waals surface area contributed by atoms with E-state index in [0.717, 1.165) is 11.9 Å². The summed E-state index contributed by atoms with van der Waals surface area (Å²) >= 11 is 0. The smallest absolute Gasteiger partial charge is 0.0587 e. The molecule has 3 nitrogen and oxygen atoms in total. The number of nitrogens with one attached hydrogen (secondary N) is 1. The van der Waals surface area contributed by atoms with E-state index in [1.54, 1.807) is 0 Å². The van der Waals surface area contributed by atoms with Crippen molar-refractivity contribution in [3.8, 4) is 0 Å². The summed E-state index contributed by atoms with van der Waals surface area (Å²) in [5.74, 6) is 0.415. The van der Waals surface area contributed by atoms with E-state index in [1.165, 1.54) is 10.9 Å². The number of benzene rings is 1. The van der Waals surface area contributed by atoms with Crippen molar-refractivity contribution in [2.75, 3.05) is 6.61 Å². The number of aromatic nitrogens is 1. The molecular formula is C15H20N2O. The van der Waals surface area contributed by atoms with Crippen molar-refractivity contribution < 1.29 is 5.11 Å². The van der Waals surface area contributed by atoms with Crippen molar-refractivity contribution in [3.05, 3.63) is 42.2 Å². The van der Waals surface area contributed by atoms with Gasteiger partial charge in [-0.1, -0.05) is 38.1 Å². The molecule has 0 bridgehead atoms. The molecule has 18 heavy (non-hydrogen) atoms. The van der Waals surface area contributed by atoms with Crippen molar-refractivity contribution >= 4 is 10.8 Å². The summed E-state index contributed by atoms with van der Waals surface area (Å²) in [5.41, 5.74) is 1.17. The van der Waals surface area contributed by atoms with Crippen molar-refractivity contribution in [3.63, 3.8) is 0 Å². The molecule has 96 valence electrons. The van der Waals surface area contributed by atoms with Crippen LogP contribution in [-0.2, 0) is 6.54 Å². The van der Waals surface area contributed by atoms with E-state index in [2.05, 4.69) is 36.3 Å². The number of hydrogen-bond acceptors (Lipinski definition) is 3. The molecule has 1 heterocycles. The lowest BCUT2D eigenvalue weighted by molar-refractivity contribution is 0.210. The van der Waals surface area contributed by atoms with Gasteiger partial charge >= 0.3 is 0 Å². The molecule has 0 aliphatic heterocycles. The van der Waals surface area contributed by atoms with Crippen molar-refractivity contribution in [1.29, 1.82) is 0 Å². The quantitative estimate of drug-likeness (QED) is 0.848. The molecule has 1 unspecified atom stereocenters. The lowest BCUT2D eigenvalue weighted by Gasteiger charge is -2.20. The Hall–Kier alpha value is -1.45. The number of pyridine rings is 1. The minimum atomic E-state index is 0.129. The fourth-order valence-corrected chi connectivity index (χ4v) is 2.07. The summed E-state index contributed by atoms with van der Waals surface area (Å²) in [7, 11) is 0. The van der Waals surface area contributed by atoms with Gasteiger partial charge in [0, 0.05) is 30.4 Å². The largest absolute Gasteiger partial charge is 0.395 e. The Morgan fingerprint density at radius 3 is 2.72 bits per heavy atom. The molecule has 1 atom stereocenters. The Labute approximate surface area is 108 Å². The van der Waals surface area contributed by atoms with Gasteiger partial charge in [-0.3, -0.25) is 4.98 Å². The lowest BCUT2D eigenvalue weighted by atomic mass is 10.0. The fourth-order valence-electron chi connectivity index (χ4n) is 2.07. The first kappa shape index (κ1) is 13.0. The SMILES string of the molecule is CC(C)C(CO)NCc1cncc2ccccc12. The zero-order valence-electron chi connectivity index (χ0n) is 10.9. The van der Waals surface area contributed by atoms with Crippen LogP contribution in [0, 0.1) is 5.92 Å².